The van der Waals surface area contributed by atoms with Crippen LogP contribution in [0.5, 0.6) is 0 Å². The molecule has 1 N–H and O–H groups in total. The maximum absolute atomic E-state index is 4.02. The lowest BCUT2D eigenvalue weighted by molar-refractivity contribution is 0.241. The van der Waals surface area contributed by atoms with Gasteiger partial charge in [0.15, 0.2) is 0 Å². The van der Waals surface area contributed by atoms with E-state index in [9.17, 15) is 0 Å². The summed E-state index contributed by atoms with van der Waals surface area (Å²) in [4.78, 5) is 6.52. The third kappa shape index (κ3) is 4.10. The van der Waals surface area contributed by atoms with Gasteiger partial charge in [-0.15, -0.1) is 0 Å². The minimum absolute atomic E-state index is 0.639. The second-order valence-corrected chi connectivity index (χ2v) is 5.06. The first-order valence-corrected chi connectivity index (χ1v) is 6.59. The van der Waals surface area contributed by atoms with Gasteiger partial charge in [-0.05, 0) is 57.5 Å². The molecule has 3 nitrogen and oxygen atoms in total. The highest BCUT2D eigenvalue weighted by Crippen LogP contribution is 2.26. The number of likely N-dealkylation sites (N-methyl/N-ethyl adjacent to an activating group) is 1. The Hall–Kier alpha value is -0.930. The van der Waals surface area contributed by atoms with Crippen molar-refractivity contribution in [2.45, 2.75) is 38.3 Å². The Morgan fingerprint density at radius 2 is 2.12 bits per heavy atom. The molecular weight excluding hydrogens is 210 g/mol. The van der Waals surface area contributed by atoms with Gasteiger partial charge in [0.1, 0.15) is 0 Å². The van der Waals surface area contributed by atoms with Gasteiger partial charge in [0.05, 0.1) is 0 Å². The fraction of sp³-hybridized carbons (Fsp3) is 0.643. The van der Waals surface area contributed by atoms with Crippen LogP contribution in [0, 0.1) is 0 Å². The van der Waals surface area contributed by atoms with Gasteiger partial charge in [0.2, 0.25) is 0 Å². The Bertz CT molecular complexity index is 321. The van der Waals surface area contributed by atoms with E-state index in [1.54, 1.807) is 0 Å². The summed E-state index contributed by atoms with van der Waals surface area (Å²) in [6.07, 6.45) is 7.58. The Morgan fingerprint density at radius 1 is 1.41 bits per heavy atom. The second-order valence-electron chi connectivity index (χ2n) is 5.06. The monoisotopic (exact) mass is 233 g/mol. The van der Waals surface area contributed by atoms with Crippen molar-refractivity contribution in [2.75, 3.05) is 20.1 Å². The summed E-state index contributed by atoms with van der Waals surface area (Å²) in [5.41, 5.74) is 1.36. The quantitative estimate of drug-likeness (QED) is 0.727. The van der Waals surface area contributed by atoms with Gasteiger partial charge >= 0.3 is 0 Å². The number of rotatable bonds is 7. The average Bonchev–Trinajstić information content (AvgIpc) is 3.19. The van der Waals surface area contributed by atoms with E-state index in [-0.39, 0.29) is 0 Å². The molecule has 1 aromatic heterocycles. The lowest BCUT2D eigenvalue weighted by Crippen LogP contribution is -2.39. The molecule has 0 saturated heterocycles. The highest BCUT2D eigenvalue weighted by Gasteiger charge is 2.28. The first kappa shape index (κ1) is 12.5. The first-order chi connectivity index (χ1) is 8.27. The molecule has 1 heterocycles. The van der Waals surface area contributed by atoms with Gasteiger partial charge in [-0.2, -0.15) is 0 Å². The number of pyridine rings is 1. The van der Waals surface area contributed by atoms with E-state index in [4.69, 9.17) is 0 Å². The van der Waals surface area contributed by atoms with E-state index >= 15 is 0 Å². The van der Waals surface area contributed by atoms with E-state index < -0.39 is 0 Å². The molecule has 1 fully saturated rings. The van der Waals surface area contributed by atoms with E-state index in [1.807, 2.05) is 12.4 Å². The SMILES string of the molecule is CC(CNCCc1ccncc1)N(C)C1CC1. The second kappa shape index (κ2) is 6.12. The van der Waals surface area contributed by atoms with Crippen molar-refractivity contribution < 1.29 is 0 Å². The number of hydrogen-bond acceptors (Lipinski definition) is 3. The van der Waals surface area contributed by atoms with E-state index in [0.29, 0.717) is 6.04 Å². The zero-order valence-electron chi connectivity index (χ0n) is 10.9. The van der Waals surface area contributed by atoms with Crippen molar-refractivity contribution in [3.63, 3.8) is 0 Å². The normalized spacial score (nSPS) is 17.4. The fourth-order valence-corrected chi connectivity index (χ4v) is 2.08. The van der Waals surface area contributed by atoms with Crippen LogP contribution in [0.3, 0.4) is 0 Å². The Labute approximate surface area is 104 Å². The molecule has 1 unspecified atom stereocenters. The molecular formula is C14H23N3. The number of nitrogens with one attached hydrogen (secondary N) is 1. The first-order valence-electron chi connectivity index (χ1n) is 6.59. The standard InChI is InChI=1S/C14H23N3/c1-12(17(2)14-3-4-14)11-16-10-7-13-5-8-15-9-6-13/h5-6,8-9,12,14,16H,3-4,7,10-11H2,1-2H3. The van der Waals surface area contributed by atoms with Crippen molar-refractivity contribution in [1.29, 1.82) is 0 Å². The smallest absolute Gasteiger partial charge is 0.0270 e. The molecule has 1 aliphatic carbocycles. The third-order valence-corrected chi connectivity index (χ3v) is 3.60. The number of hydrogen-bond donors (Lipinski definition) is 1. The van der Waals surface area contributed by atoms with Crippen LogP contribution in [-0.4, -0.2) is 42.1 Å². The summed E-state index contributed by atoms with van der Waals surface area (Å²) in [6.45, 7) is 4.43. The van der Waals surface area contributed by atoms with Crippen LogP contribution in [-0.2, 0) is 6.42 Å². The Kier molecular flexibility index (Phi) is 4.51. The lowest BCUT2D eigenvalue weighted by atomic mass is 10.2. The van der Waals surface area contributed by atoms with Crippen LogP contribution in [0.2, 0.25) is 0 Å². The zero-order chi connectivity index (χ0) is 12.1. The topological polar surface area (TPSA) is 28.2 Å². The molecule has 3 heteroatoms. The van der Waals surface area contributed by atoms with Crippen LogP contribution >= 0.6 is 0 Å². The molecule has 1 saturated carbocycles. The lowest BCUT2D eigenvalue weighted by Gasteiger charge is -2.24. The molecule has 1 aromatic rings. The van der Waals surface area contributed by atoms with Gasteiger partial charge in [0.25, 0.3) is 0 Å². The minimum Gasteiger partial charge on any atom is -0.315 e. The Balaban J connectivity index is 1.59. The number of nitrogens with zero attached hydrogens (tertiary/aromatic N) is 2. The van der Waals surface area contributed by atoms with Crippen molar-refractivity contribution >= 4 is 0 Å². The summed E-state index contributed by atoms with van der Waals surface area (Å²) in [5.74, 6) is 0. The molecule has 0 radical (unpaired) electrons. The van der Waals surface area contributed by atoms with Gasteiger partial charge in [-0.25, -0.2) is 0 Å². The summed E-state index contributed by atoms with van der Waals surface area (Å²) in [7, 11) is 2.24. The zero-order valence-corrected chi connectivity index (χ0v) is 10.9. The molecule has 1 aliphatic rings. The summed E-state index contributed by atoms with van der Waals surface area (Å²) in [6, 6.07) is 5.66. The van der Waals surface area contributed by atoms with Crippen molar-refractivity contribution in [2.24, 2.45) is 0 Å². The highest BCUT2D eigenvalue weighted by molar-refractivity contribution is 5.09. The van der Waals surface area contributed by atoms with Crippen LogP contribution < -0.4 is 5.32 Å². The van der Waals surface area contributed by atoms with E-state index in [2.05, 4.69) is 41.3 Å². The minimum atomic E-state index is 0.639. The fourth-order valence-electron chi connectivity index (χ4n) is 2.08. The third-order valence-electron chi connectivity index (χ3n) is 3.60. The Morgan fingerprint density at radius 3 is 2.76 bits per heavy atom. The average molecular weight is 233 g/mol. The molecule has 0 spiro atoms. The van der Waals surface area contributed by atoms with Gasteiger partial charge in [0, 0.05) is 31.0 Å². The predicted octanol–water partition coefficient (Wildman–Crippen LogP) is 1.70. The molecule has 2 rings (SSSR count). The van der Waals surface area contributed by atoms with E-state index in [1.165, 1.54) is 18.4 Å². The maximum atomic E-state index is 4.02. The highest BCUT2D eigenvalue weighted by atomic mass is 15.2. The summed E-state index contributed by atoms with van der Waals surface area (Å²) < 4.78 is 0. The summed E-state index contributed by atoms with van der Waals surface area (Å²) in [5, 5.41) is 3.54. The van der Waals surface area contributed by atoms with Crippen LogP contribution in [0.1, 0.15) is 25.3 Å². The molecule has 0 aliphatic heterocycles. The van der Waals surface area contributed by atoms with Crippen LogP contribution in [0.4, 0.5) is 0 Å². The van der Waals surface area contributed by atoms with Gasteiger partial charge < -0.3 is 5.32 Å². The van der Waals surface area contributed by atoms with E-state index in [0.717, 1.165) is 25.6 Å². The van der Waals surface area contributed by atoms with Crippen molar-refractivity contribution in [3.05, 3.63) is 30.1 Å². The molecule has 0 aromatic carbocycles. The number of aromatic nitrogens is 1. The van der Waals surface area contributed by atoms with Gasteiger partial charge in [-0.3, -0.25) is 9.88 Å². The predicted molar refractivity (Wildman–Crippen MR) is 71.1 cm³/mol. The van der Waals surface area contributed by atoms with Crippen molar-refractivity contribution in [3.8, 4) is 0 Å². The molecule has 0 amide bonds. The van der Waals surface area contributed by atoms with Crippen LogP contribution in [0.25, 0.3) is 0 Å². The maximum Gasteiger partial charge on any atom is 0.0270 e. The molecule has 0 bridgehead atoms. The van der Waals surface area contributed by atoms with Gasteiger partial charge in [-0.1, -0.05) is 0 Å². The summed E-state index contributed by atoms with van der Waals surface area (Å²) >= 11 is 0. The molecule has 17 heavy (non-hydrogen) atoms. The molecule has 1 atom stereocenters. The molecule has 94 valence electrons. The van der Waals surface area contributed by atoms with Crippen LogP contribution in [0.15, 0.2) is 24.5 Å². The van der Waals surface area contributed by atoms with Crippen molar-refractivity contribution in [1.82, 2.24) is 15.2 Å². The largest absolute Gasteiger partial charge is 0.315 e.